The first-order valence-corrected chi connectivity index (χ1v) is 6.09. The summed E-state index contributed by atoms with van der Waals surface area (Å²) in [5.41, 5.74) is 1.40. The van der Waals surface area contributed by atoms with E-state index in [1.54, 1.807) is 27.5 Å². The van der Waals surface area contributed by atoms with Crippen molar-refractivity contribution in [3.8, 4) is 0 Å². The topological polar surface area (TPSA) is 48.5 Å². The lowest BCUT2D eigenvalue weighted by Crippen LogP contribution is -2.23. The number of aromatic nitrogens is 3. The predicted octanol–water partition coefficient (Wildman–Crippen LogP) is 0.751. The maximum Gasteiger partial charge on any atom is 0.276 e. The van der Waals surface area contributed by atoms with Crippen molar-refractivity contribution in [2.45, 2.75) is 13.5 Å². The first kappa shape index (κ1) is 12.2. The third-order valence-corrected chi connectivity index (χ3v) is 2.62. The second-order valence-corrected chi connectivity index (χ2v) is 4.20. The van der Waals surface area contributed by atoms with E-state index in [0.29, 0.717) is 31.0 Å². The molecule has 2 heterocycles. The molecule has 0 aliphatic heterocycles. The van der Waals surface area contributed by atoms with Crippen LogP contribution in [-0.2, 0) is 11.3 Å². The van der Waals surface area contributed by atoms with Gasteiger partial charge in [-0.2, -0.15) is 17.7 Å². The summed E-state index contributed by atoms with van der Waals surface area (Å²) in [5, 5.41) is 4.19. The van der Waals surface area contributed by atoms with Crippen molar-refractivity contribution in [1.29, 1.82) is 0 Å². The molecule has 0 fully saturated rings. The number of rotatable bonds is 5. The number of thiol groups is 1. The van der Waals surface area contributed by atoms with Gasteiger partial charge < -0.3 is 9.30 Å². The highest BCUT2D eigenvalue weighted by Crippen LogP contribution is 1.99. The van der Waals surface area contributed by atoms with Crippen molar-refractivity contribution in [3.05, 3.63) is 34.5 Å². The van der Waals surface area contributed by atoms with Crippen LogP contribution < -0.4 is 5.56 Å². The number of fused-ring (bicyclic) bond motifs is 1. The molecule has 2 aromatic heterocycles. The quantitative estimate of drug-likeness (QED) is 0.632. The summed E-state index contributed by atoms with van der Waals surface area (Å²) in [6.45, 7) is 3.54. The molecule has 0 radical (unpaired) electrons. The van der Waals surface area contributed by atoms with Crippen molar-refractivity contribution in [1.82, 2.24) is 14.2 Å². The minimum Gasteiger partial charge on any atom is -0.379 e. The van der Waals surface area contributed by atoms with Gasteiger partial charge in [0.2, 0.25) is 0 Å². The van der Waals surface area contributed by atoms with E-state index >= 15 is 0 Å². The minimum atomic E-state index is -0.0393. The SMILES string of the molecule is Cc1cc2c(=O)n(CCOCCS)ccn2n1. The zero-order valence-corrected chi connectivity index (χ0v) is 10.6. The molecule has 0 spiro atoms. The minimum absolute atomic E-state index is 0.0393. The van der Waals surface area contributed by atoms with Crippen LogP contribution in [0.5, 0.6) is 0 Å². The van der Waals surface area contributed by atoms with Crippen LogP contribution in [0.15, 0.2) is 23.3 Å². The molecule has 2 aromatic rings. The number of ether oxygens (including phenoxy) is 1. The molecule has 5 nitrogen and oxygen atoms in total. The third-order valence-electron chi connectivity index (χ3n) is 2.44. The Labute approximate surface area is 104 Å². The van der Waals surface area contributed by atoms with E-state index in [4.69, 9.17) is 4.74 Å². The number of hydrogen-bond acceptors (Lipinski definition) is 4. The van der Waals surface area contributed by atoms with Gasteiger partial charge in [-0.3, -0.25) is 4.79 Å². The Morgan fingerprint density at radius 3 is 3.00 bits per heavy atom. The van der Waals surface area contributed by atoms with Crippen LogP contribution >= 0.6 is 12.6 Å². The van der Waals surface area contributed by atoms with E-state index in [1.807, 2.05) is 6.92 Å². The van der Waals surface area contributed by atoms with E-state index in [9.17, 15) is 4.79 Å². The van der Waals surface area contributed by atoms with Gasteiger partial charge in [0.15, 0.2) is 0 Å². The fraction of sp³-hybridized carbons (Fsp3) is 0.455. The van der Waals surface area contributed by atoms with E-state index in [2.05, 4.69) is 17.7 Å². The normalized spacial score (nSPS) is 11.2. The smallest absolute Gasteiger partial charge is 0.276 e. The van der Waals surface area contributed by atoms with Gasteiger partial charge in [0.25, 0.3) is 5.56 Å². The molecule has 0 amide bonds. The molecule has 6 heteroatoms. The third kappa shape index (κ3) is 2.70. The number of nitrogens with zero attached hydrogens (tertiary/aromatic N) is 3. The summed E-state index contributed by atoms with van der Waals surface area (Å²) >= 11 is 4.05. The molecule has 0 bridgehead atoms. The molecule has 92 valence electrons. The average Bonchev–Trinajstić information content (AvgIpc) is 2.69. The van der Waals surface area contributed by atoms with E-state index in [1.165, 1.54) is 0 Å². The molecule has 2 rings (SSSR count). The highest BCUT2D eigenvalue weighted by atomic mass is 32.1. The molecule has 0 saturated heterocycles. The summed E-state index contributed by atoms with van der Waals surface area (Å²) < 4.78 is 8.53. The summed E-state index contributed by atoms with van der Waals surface area (Å²) in [4.78, 5) is 12.0. The lowest BCUT2D eigenvalue weighted by atomic mass is 10.4. The standard InChI is InChI=1S/C11H15N3O2S/c1-9-8-10-11(15)13(2-3-14(10)12-9)4-5-16-6-7-17/h2-3,8,17H,4-7H2,1H3. The molecule has 0 aromatic carbocycles. The average molecular weight is 253 g/mol. The highest BCUT2D eigenvalue weighted by Gasteiger charge is 2.04. The van der Waals surface area contributed by atoms with E-state index in [-0.39, 0.29) is 5.56 Å². The Bertz CT molecular complexity index is 561. The van der Waals surface area contributed by atoms with Crippen LogP contribution in [0.1, 0.15) is 5.69 Å². The fourth-order valence-electron chi connectivity index (χ4n) is 1.65. The van der Waals surface area contributed by atoms with Gasteiger partial charge in [-0.15, -0.1) is 0 Å². The van der Waals surface area contributed by atoms with Crippen molar-refractivity contribution in [3.63, 3.8) is 0 Å². The molecule has 17 heavy (non-hydrogen) atoms. The molecule has 0 N–H and O–H groups in total. The first-order chi connectivity index (χ1) is 8.22. The van der Waals surface area contributed by atoms with Gasteiger partial charge in [-0.05, 0) is 13.0 Å². The molecular formula is C11H15N3O2S. The van der Waals surface area contributed by atoms with Crippen molar-refractivity contribution >= 4 is 18.1 Å². The fourth-order valence-corrected chi connectivity index (χ4v) is 1.78. The number of hydrogen-bond donors (Lipinski definition) is 1. The Kier molecular flexibility index (Phi) is 3.86. The highest BCUT2D eigenvalue weighted by molar-refractivity contribution is 7.80. The first-order valence-electron chi connectivity index (χ1n) is 5.46. The van der Waals surface area contributed by atoms with Crippen LogP contribution in [0.3, 0.4) is 0 Å². The molecule has 0 aliphatic rings. The summed E-state index contributed by atoms with van der Waals surface area (Å²) in [6, 6.07) is 1.79. The Morgan fingerprint density at radius 2 is 2.24 bits per heavy atom. The van der Waals surface area contributed by atoms with Gasteiger partial charge in [-0.25, -0.2) is 4.52 Å². The van der Waals surface area contributed by atoms with Crippen LogP contribution in [0.25, 0.3) is 5.52 Å². The van der Waals surface area contributed by atoms with Gasteiger partial charge in [0, 0.05) is 24.7 Å². The maximum atomic E-state index is 12.0. The van der Waals surface area contributed by atoms with Crippen LogP contribution in [0.2, 0.25) is 0 Å². The largest absolute Gasteiger partial charge is 0.379 e. The van der Waals surface area contributed by atoms with Crippen molar-refractivity contribution < 1.29 is 4.74 Å². The number of aryl methyl sites for hydroxylation is 1. The molecule has 0 unspecified atom stereocenters. The molecule has 0 atom stereocenters. The molecule has 0 aliphatic carbocycles. The Balaban J connectivity index is 2.18. The Morgan fingerprint density at radius 1 is 1.41 bits per heavy atom. The van der Waals surface area contributed by atoms with E-state index in [0.717, 1.165) is 5.69 Å². The maximum absolute atomic E-state index is 12.0. The van der Waals surface area contributed by atoms with Gasteiger partial charge in [0.05, 0.1) is 18.9 Å². The van der Waals surface area contributed by atoms with E-state index < -0.39 is 0 Å². The van der Waals surface area contributed by atoms with Gasteiger partial charge in [-0.1, -0.05) is 0 Å². The molecular weight excluding hydrogens is 238 g/mol. The summed E-state index contributed by atoms with van der Waals surface area (Å²) in [6.07, 6.45) is 3.51. The van der Waals surface area contributed by atoms with Crippen molar-refractivity contribution in [2.75, 3.05) is 19.0 Å². The summed E-state index contributed by atoms with van der Waals surface area (Å²) in [5.74, 6) is 0.690. The lowest BCUT2D eigenvalue weighted by Gasteiger charge is -2.06. The molecule has 0 saturated carbocycles. The second kappa shape index (κ2) is 5.37. The Hall–Kier alpha value is -1.27. The zero-order valence-electron chi connectivity index (χ0n) is 9.67. The van der Waals surface area contributed by atoms with Gasteiger partial charge >= 0.3 is 0 Å². The lowest BCUT2D eigenvalue weighted by molar-refractivity contribution is 0.141. The second-order valence-electron chi connectivity index (χ2n) is 3.75. The van der Waals surface area contributed by atoms with Crippen LogP contribution in [-0.4, -0.2) is 33.1 Å². The monoisotopic (exact) mass is 253 g/mol. The summed E-state index contributed by atoms with van der Waals surface area (Å²) in [7, 11) is 0. The van der Waals surface area contributed by atoms with Crippen LogP contribution in [0.4, 0.5) is 0 Å². The predicted molar refractivity (Wildman–Crippen MR) is 68.9 cm³/mol. The van der Waals surface area contributed by atoms with Gasteiger partial charge in [0.1, 0.15) is 5.52 Å². The van der Waals surface area contributed by atoms with Crippen LogP contribution in [0, 0.1) is 6.92 Å². The zero-order chi connectivity index (χ0) is 12.3. The van der Waals surface area contributed by atoms with Crippen molar-refractivity contribution in [2.24, 2.45) is 0 Å².